The van der Waals surface area contributed by atoms with Crippen LogP contribution in [0, 0.1) is 17.8 Å². The molecule has 1 aromatic rings. The molecule has 1 rings (SSSR count). The molecule has 0 spiro atoms. The number of terminal acetylenes is 1. The Morgan fingerprint density at radius 2 is 2.08 bits per heavy atom. The summed E-state index contributed by atoms with van der Waals surface area (Å²) in [5.41, 5.74) is 1.80. The molecule has 0 aliphatic carbocycles. The fourth-order valence-electron chi connectivity index (χ4n) is 1.10. The first-order chi connectivity index (χ1) is 6.01. The molecule has 2 nitrogen and oxygen atoms in total. The number of rotatable bonds is 1. The van der Waals surface area contributed by atoms with E-state index in [0.717, 1.165) is 12.1 Å². The predicted molar refractivity (Wildman–Crippen MR) is 53.1 cm³/mol. The van der Waals surface area contributed by atoms with Crippen molar-refractivity contribution >= 4 is 0 Å². The van der Waals surface area contributed by atoms with Gasteiger partial charge in [0.2, 0.25) is 0 Å². The summed E-state index contributed by atoms with van der Waals surface area (Å²) in [5, 5.41) is 0. The molecular weight excluding hydrogens is 160 g/mol. The molecule has 0 aliphatic rings. The van der Waals surface area contributed by atoms with Gasteiger partial charge in [0.15, 0.2) is 0 Å². The van der Waals surface area contributed by atoms with Crippen LogP contribution in [0.2, 0.25) is 0 Å². The van der Waals surface area contributed by atoms with Crippen LogP contribution in [-0.2, 0) is 6.42 Å². The molecule has 0 N–H and O–H groups in total. The molecule has 0 aromatic carbocycles. The average molecular weight is 174 g/mol. The second-order valence-electron chi connectivity index (χ2n) is 4.28. The molecule has 2 heteroatoms. The van der Waals surface area contributed by atoms with E-state index >= 15 is 0 Å². The highest BCUT2D eigenvalue weighted by Gasteiger charge is 2.12. The molecule has 0 radical (unpaired) electrons. The van der Waals surface area contributed by atoms with Gasteiger partial charge in [0.05, 0.1) is 11.9 Å². The fourth-order valence-corrected chi connectivity index (χ4v) is 1.10. The largest absolute Gasteiger partial charge is 0.260 e. The number of hydrogen-bond acceptors (Lipinski definition) is 2. The standard InChI is InChI=1S/C11H14N2/c1-5-9-7-12-8-10(13-9)6-11(2,3)4/h1,7-8H,6H2,2-4H3. The monoisotopic (exact) mass is 174 g/mol. The normalized spacial score (nSPS) is 10.9. The van der Waals surface area contributed by atoms with Crippen LogP contribution < -0.4 is 0 Å². The topological polar surface area (TPSA) is 25.8 Å². The molecule has 0 bridgehead atoms. The predicted octanol–water partition coefficient (Wildman–Crippen LogP) is 2.05. The summed E-state index contributed by atoms with van der Waals surface area (Å²) in [7, 11) is 0. The van der Waals surface area contributed by atoms with Crippen molar-refractivity contribution in [1.82, 2.24) is 9.97 Å². The molecule has 0 fully saturated rings. The van der Waals surface area contributed by atoms with E-state index in [1.54, 1.807) is 12.4 Å². The zero-order valence-electron chi connectivity index (χ0n) is 8.33. The Morgan fingerprint density at radius 3 is 2.62 bits per heavy atom. The van der Waals surface area contributed by atoms with Crippen molar-refractivity contribution in [3.8, 4) is 12.3 Å². The Morgan fingerprint density at radius 1 is 1.38 bits per heavy atom. The van der Waals surface area contributed by atoms with Crippen LogP contribution in [0.5, 0.6) is 0 Å². The highest BCUT2D eigenvalue weighted by atomic mass is 14.8. The van der Waals surface area contributed by atoms with E-state index in [-0.39, 0.29) is 5.41 Å². The summed E-state index contributed by atoms with van der Waals surface area (Å²) in [4.78, 5) is 8.31. The third kappa shape index (κ3) is 3.25. The van der Waals surface area contributed by atoms with Gasteiger partial charge in [-0.05, 0) is 17.8 Å². The average Bonchev–Trinajstić information content (AvgIpc) is 2.01. The number of aromatic nitrogens is 2. The molecule has 1 aromatic heterocycles. The van der Waals surface area contributed by atoms with Crippen LogP contribution in [0.15, 0.2) is 12.4 Å². The van der Waals surface area contributed by atoms with Crippen LogP contribution in [0.25, 0.3) is 0 Å². The minimum Gasteiger partial charge on any atom is -0.260 e. The molecule has 0 unspecified atom stereocenters. The third-order valence-corrected chi connectivity index (χ3v) is 1.54. The van der Waals surface area contributed by atoms with E-state index in [0.29, 0.717) is 5.69 Å². The van der Waals surface area contributed by atoms with Gasteiger partial charge in [-0.3, -0.25) is 4.98 Å². The second-order valence-corrected chi connectivity index (χ2v) is 4.28. The lowest BCUT2D eigenvalue weighted by atomic mass is 9.91. The lowest BCUT2D eigenvalue weighted by Crippen LogP contribution is -2.11. The first-order valence-corrected chi connectivity index (χ1v) is 4.29. The maximum Gasteiger partial charge on any atom is 0.131 e. The second kappa shape index (κ2) is 3.57. The smallest absolute Gasteiger partial charge is 0.131 e. The van der Waals surface area contributed by atoms with Crippen molar-refractivity contribution in [1.29, 1.82) is 0 Å². The Balaban J connectivity index is 2.86. The summed E-state index contributed by atoms with van der Waals surface area (Å²) >= 11 is 0. The minimum absolute atomic E-state index is 0.224. The van der Waals surface area contributed by atoms with Crippen molar-refractivity contribution < 1.29 is 0 Å². The molecule has 0 saturated heterocycles. The van der Waals surface area contributed by atoms with E-state index in [1.807, 2.05) is 0 Å². The highest BCUT2D eigenvalue weighted by molar-refractivity contribution is 5.21. The van der Waals surface area contributed by atoms with Crippen molar-refractivity contribution in [2.45, 2.75) is 27.2 Å². The van der Waals surface area contributed by atoms with Crippen molar-refractivity contribution in [3.05, 3.63) is 23.8 Å². The van der Waals surface area contributed by atoms with Gasteiger partial charge in [-0.2, -0.15) is 0 Å². The fraction of sp³-hybridized carbons (Fsp3) is 0.455. The molecule has 0 aliphatic heterocycles. The summed E-state index contributed by atoms with van der Waals surface area (Å²) in [6, 6.07) is 0. The van der Waals surface area contributed by atoms with E-state index in [4.69, 9.17) is 6.42 Å². The molecule has 0 amide bonds. The van der Waals surface area contributed by atoms with Crippen LogP contribution >= 0.6 is 0 Å². The Labute approximate surface area is 79.4 Å². The van der Waals surface area contributed by atoms with Gasteiger partial charge in [0.25, 0.3) is 0 Å². The van der Waals surface area contributed by atoms with Crippen LogP contribution in [-0.4, -0.2) is 9.97 Å². The molecule has 0 saturated carbocycles. The van der Waals surface area contributed by atoms with Gasteiger partial charge in [-0.25, -0.2) is 4.98 Å². The van der Waals surface area contributed by atoms with Crippen LogP contribution in [0.3, 0.4) is 0 Å². The van der Waals surface area contributed by atoms with E-state index < -0.39 is 0 Å². The molecule has 0 atom stereocenters. The van der Waals surface area contributed by atoms with E-state index in [1.165, 1.54) is 0 Å². The Hall–Kier alpha value is -1.36. The highest BCUT2D eigenvalue weighted by Crippen LogP contribution is 2.18. The maximum atomic E-state index is 5.23. The van der Waals surface area contributed by atoms with Crippen molar-refractivity contribution in [3.63, 3.8) is 0 Å². The van der Waals surface area contributed by atoms with Gasteiger partial charge in [0.1, 0.15) is 5.69 Å². The first-order valence-electron chi connectivity index (χ1n) is 4.29. The maximum absolute atomic E-state index is 5.23. The quantitative estimate of drug-likeness (QED) is 0.609. The zero-order chi connectivity index (χ0) is 9.90. The van der Waals surface area contributed by atoms with Gasteiger partial charge in [0, 0.05) is 6.20 Å². The summed E-state index contributed by atoms with van der Waals surface area (Å²) < 4.78 is 0. The van der Waals surface area contributed by atoms with Crippen molar-refractivity contribution in [2.24, 2.45) is 5.41 Å². The van der Waals surface area contributed by atoms with Gasteiger partial charge < -0.3 is 0 Å². The lowest BCUT2D eigenvalue weighted by molar-refractivity contribution is 0.405. The molecular formula is C11H14N2. The molecule has 13 heavy (non-hydrogen) atoms. The Kier molecular flexibility index (Phi) is 2.67. The van der Waals surface area contributed by atoms with Crippen LogP contribution in [0.1, 0.15) is 32.2 Å². The Bertz CT molecular complexity index is 329. The summed E-state index contributed by atoms with van der Waals surface area (Å²) in [6.45, 7) is 6.49. The van der Waals surface area contributed by atoms with Gasteiger partial charge >= 0.3 is 0 Å². The molecule has 1 heterocycles. The van der Waals surface area contributed by atoms with Crippen molar-refractivity contribution in [2.75, 3.05) is 0 Å². The lowest BCUT2D eigenvalue weighted by Gasteiger charge is -2.16. The van der Waals surface area contributed by atoms with Crippen LogP contribution in [0.4, 0.5) is 0 Å². The minimum atomic E-state index is 0.224. The van der Waals surface area contributed by atoms with E-state index in [9.17, 15) is 0 Å². The van der Waals surface area contributed by atoms with Gasteiger partial charge in [-0.15, -0.1) is 6.42 Å². The van der Waals surface area contributed by atoms with Gasteiger partial charge in [-0.1, -0.05) is 20.8 Å². The molecule has 68 valence electrons. The third-order valence-electron chi connectivity index (χ3n) is 1.54. The first kappa shape index (κ1) is 9.73. The summed E-state index contributed by atoms with van der Waals surface area (Å²) in [5.74, 6) is 2.48. The zero-order valence-corrected chi connectivity index (χ0v) is 8.33. The summed E-state index contributed by atoms with van der Waals surface area (Å²) in [6.07, 6.45) is 9.50. The number of hydrogen-bond donors (Lipinski definition) is 0. The van der Waals surface area contributed by atoms with E-state index in [2.05, 4.69) is 36.7 Å². The SMILES string of the molecule is C#Cc1cncc(CC(C)(C)C)n1. The number of nitrogens with zero attached hydrogens (tertiary/aromatic N) is 2.